The van der Waals surface area contributed by atoms with Gasteiger partial charge in [-0.15, -0.1) is 0 Å². The lowest BCUT2D eigenvalue weighted by Gasteiger charge is -2.05. The number of aliphatic hydroxyl groups is 1. The van der Waals surface area contributed by atoms with Gasteiger partial charge in [-0.1, -0.05) is 49.7 Å². The molecule has 0 fully saturated rings. The molecule has 0 unspecified atom stereocenters. The lowest BCUT2D eigenvalue weighted by Crippen LogP contribution is -2.26. The van der Waals surface area contributed by atoms with Crippen molar-refractivity contribution in [3.63, 3.8) is 0 Å². The fraction of sp³-hybridized carbons (Fsp3) is 0.292. The van der Waals surface area contributed by atoms with Gasteiger partial charge < -0.3 is 15.8 Å². The molecule has 0 saturated heterocycles. The zero-order valence-electron chi connectivity index (χ0n) is 16.8. The molecular formula is C24H28N2O3. The first-order valence-corrected chi connectivity index (χ1v) is 9.90. The Hall–Kier alpha value is -3.05. The third-order valence-electron chi connectivity index (χ3n) is 4.48. The van der Waals surface area contributed by atoms with Crippen molar-refractivity contribution in [2.24, 2.45) is 0 Å². The van der Waals surface area contributed by atoms with Crippen molar-refractivity contribution in [1.29, 1.82) is 5.41 Å². The smallest absolute Gasteiger partial charge is 0.251 e. The molecule has 5 nitrogen and oxygen atoms in total. The highest BCUT2D eigenvalue weighted by Gasteiger charge is 2.06. The first-order valence-electron chi connectivity index (χ1n) is 9.90. The third-order valence-corrected chi connectivity index (χ3v) is 4.48. The molecule has 0 atom stereocenters. The summed E-state index contributed by atoms with van der Waals surface area (Å²) in [6.07, 6.45) is 6.17. The van der Waals surface area contributed by atoms with Gasteiger partial charge in [0.15, 0.2) is 5.78 Å². The number of hydrogen-bond donors (Lipinski definition) is 3. The summed E-state index contributed by atoms with van der Waals surface area (Å²) in [4.78, 5) is 24.0. The van der Waals surface area contributed by atoms with Gasteiger partial charge in [-0.2, -0.15) is 0 Å². The number of aliphatic hydroxyl groups excluding tert-OH is 1. The number of ketones is 1. The Morgan fingerprint density at radius 2 is 1.66 bits per heavy atom. The zero-order valence-corrected chi connectivity index (χ0v) is 16.8. The molecule has 29 heavy (non-hydrogen) atoms. The van der Waals surface area contributed by atoms with Gasteiger partial charge in [0.25, 0.3) is 5.91 Å². The van der Waals surface area contributed by atoms with Gasteiger partial charge in [-0.05, 0) is 53.8 Å². The molecule has 5 heteroatoms. The van der Waals surface area contributed by atoms with Crippen LogP contribution in [0.4, 0.5) is 0 Å². The van der Waals surface area contributed by atoms with E-state index in [-0.39, 0.29) is 30.6 Å². The summed E-state index contributed by atoms with van der Waals surface area (Å²) in [5.74, 6) is -0.290. The maximum absolute atomic E-state index is 12.1. The molecule has 152 valence electrons. The molecule has 0 spiro atoms. The molecule has 2 aromatic carbocycles. The molecule has 0 aromatic heterocycles. The Morgan fingerprint density at radius 3 is 2.31 bits per heavy atom. The van der Waals surface area contributed by atoms with E-state index in [0.717, 1.165) is 18.4 Å². The summed E-state index contributed by atoms with van der Waals surface area (Å²) in [6.45, 7) is 2.23. The number of carbonyl (C=O) groups excluding carboxylic acids is 2. The molecule has 0 aliphatic carbocycles. The van der Waals surface area contributed by atoms with E-state index in [2.05, 4.69) is 24.4 Å². The van der Waals surface area contributed by atoms with E-state index in [1.807, 2.05) is 12.1 Å². The largest absolute Gasteiger partial charge is 0.395 e. The van der Waals surface area contributed by atoms with Crippen LogP contribution in [0.1, 0.15) is 46.8 Å². The summed E-state index contributed by atoms with van der Waals surface area (Å²) in [6, 6.07) is 14.9. The quantitative estimate of drug-likeness (QED) is 0.404. The number of nitrogens with one attached hydrogen (secondary N) is 2. The van der Waals surface area contributed by atoms with Crippen molar-refractivity contribution in [2.75, 3.05) is 13.2 Å². The fourth-order valence-corrected chi connectivity index (χ4v) is 2.93. The first-order chi connectivity index (χ1) is 14.0. The minimum Gasteiger partial charge on any atom is -0.395 e. The molecular weight excluding hydrogens is 364 g/mol. The van der Waals surface area contributed by atoms with E-state index in [0.29, 0.717) is 24.0 Å². The first kappa shape index (κ1) is 22.2. The van der Waals surface area contributed by atoms with Crippen LogP contribution >= 0.6 is 0 Å². The van der Waals surface area contributed by atoms with Gasteiger partial charge in [-0.3, -0.25) is 9.59 Å². The zero-order chi connectivity index (χ0) is 21.1. The van der Waals surface area contributed by atoms with Crippen LogP contribution in [0, 0.1) is 5.41 Å². The number of benzene rings is 2. The highest BCUT2D eigenvalue weighted by atomic mass is 16.3. The molecule has 0 aliphatic rings. The number of allylic oxidation sites excluding steroid dienone is 2. The van der Waals surface area contributed by atoms with Crippen LogP contribution in [0.5, 0.6) is 0 Å². The minimum absolute atomic E-state index is 0.0179. The van der Waals surface area contributed by atoms with Crippen LogP contribution in [0.15, 0.2) is 60.7 Å². The maximum Gasteiger partial charge on any atom is 0.251 e. The number of hydrogen-bond acceptors (Lipinski definition) is 4. The van der Waals surface area contributed by atoms with Crippen LogP contribution in [0.25, 0.3) is 0 Å². The molecule has 0 saturated carbocycles. The molecule has 1 amide bonds. The van der Waals surface area contributed by atoms with Crippen molar-refractivity contribution in [3.8, 4) is 0 Å². The van der Waals surface area contributed by atoms with Crippen LogP contribution < -0.4 is 5.32 Å². The van der Waals surface area contributed by atoms with E-state index in [4.69, 9.17) is 10.5 Å². The molecule has 0 aliphatic heterocycles. The third kappa shape index (κ3) is 7.47. The van der Waals surface area contributed by atoms with Gasteiger partial charge in [-0.25, -0.2) is 0 Å². The number of aryl methyl sites for hydroxylation is 2. The highest BCUT2D eigenvalue weighted by Crippen LogP contribution is 2.10. The Kier molecular flexibility index (Phi) is 8.99. The monoisotopic (exact) mass is 392 g/mol. The van der Waals surface area contributed by atoms with Gasteiger partial charge in [0.2, 0.25) is 0 Å². The van der Waals surface area contributed by atoms with E-state index in [9.17, 15) is 9.59 Å². The van der Waals surface area contributed by atoms with Crippen molar-refractivity contribution in [2.45, 2.75) is 32.6 Å². The molecule has 2 aromatic rings. The molecule has 2 rings (SSSR count). The van der Waals surface area contributed by atoms with E-state index in [1.165, 1.54) is 17.7 Å². The fourth-order valence-electron chi connectivity index (χ4n) is 2.93. The SMILES string of the molecule is CCCc1cccc(CCC(=O)/C=C\C(=N)c2ccc(C(=O)NCCO)cc2)c1. The average molecular weight is 392 g/mol. The van der Waals surface area contributed by atoms with Crippen LogP contribution in [-0.4, -0.2) is 35.7 Å². The van der Waals surface area contributed by atoms with Crippen LogP contribution in [0.2, 0.25) is 0 Å². The molecule has 0 bridgehead atoms. The predicted octanol–water partition coefficient (Wildman–Crippen LogP) is 3.49. The van der Waals surface area contributed by atoms with E-state index >= 15 is 0 Å². The Balaban J connectivity index is 1.87. The van der Waals surface area contributed by atoms with Crippen LogP contribution in [-0.2, 0) is 17.6 Å². The lowest BCUT2D eigenvalue weighted by atomic mass is 10.0. The summed E-state index contributed by atoms with van der Waals surface area (Å²) < 4.78 is 0. The number of amides is 1. The van der Waals surface area contributed by atoms with E-state index < -0.39 is 0 Å². The van der Waals surface area contributed by atoms with Gasteiger partial charge >= 0.3 is 0 Å². The summed E-state index contributed by atoms with van der Waals surface area (Å²) in [5.41, 5.74) is 3.75. The van der Waals surface area contributed by atoms with E-state index in [1.54, 1.807) is 24.3 Å². The highest BCUT2D eigenvalue weighted by molar-refractivity contribution is 6.09. The topological polar surface area (TPSA) is 90.2 Å². The van der Waals surface area contributed by atoms with Gasteiger partial charge in [0.05, 0.1) is 12.3 Å². The minimum atomic E-state index is -0.272. The summed E-state index contributed by atoms with van der Waals surface area (Å²) >= 11 is 0. The molecule has 0 heterocycles. The maximum atomic E-state index is 12.1. The van der Waals surface area contributed by atoms with Gasteiger partial charge in [0, 0.05) is 18.5 Å². The van der Waals surface area contributed by atoms with Crippen molar-refractivity contribution in [1.82, 2.24) is 5.32 Å². The number of rotatable bonds is 11. The molecule has 0 radical (unpaired) electrons. The second kappa shape index (κ2) is 11.7. The van der Waals surface area contributed by atoms with Crippen molar-refractivity contribution in [3.05, 3.63) is 82.9 Å². The second-order valence-corrected chi connectivity index (χ2v) is 6.84. The summed E-state index contributed by atoms with van der Waals surface area (Å²) in [5, 5.41) is 19.4. The molecule has 3 N–H and O–H groups in total. The normalized spacial score (nSPS) is 10.8. The van der Waals surface area contributed by atoms with Crippen molar-refractivity contribution >= 4 is 17.4 Å². The van der Waals surface area contributed by atoms with Crippen molar-refractivity contribution < 1.29 is 14.7 Å². The Labute approximate surface area is 172 Å². The second-order valence-electron chi connectivity index (χ2n) is 6.84. The van der Waals surface area contributed by atoms with Gasteiger partial charge in [0.1, 0.15) is 0 Å². The van der Waals surface area contributed by atoms with Crippen LogP contribution in [0.3, 0.4) is 0 Å². The Morgan fingerprint density at radius 1 is 1.00 bits per heavy atom. The predicted molar refractivity (Wildman–Crippen MR) is 116 cm³/mol. The standard InChI is InChI=1S/C24H28N2O3/c1-2-4-18-5-3-6-19(17-18)7-12-22(28)13-14-23(25)20-8-10-21(11-9-20)24(29)26-15-16-27/h3,5-6,8-11,13-14,17,25,27H,2,4,7,12,15-16H2,1H3,(H,26,29)/b14-13-,25-23?. The number of carbonyl (C=O) groups is 2. The average Bonchev–Trinajstić information content (AvgIpc) is 2.75. The summed E-state index contributed by atoms with van der Waals surface area (Å²) in [7, 11) is 0. The Bertz CT molecular complexity index is 870. The lowest BCUT2D eigenvalue weighted by molar-refractivity contribution is -0.114.